The number of primary amides is 1. The maximum absolute atomic E-state index is 12.3. The molecule has 0 bridgehead atoms. The summed E-state index contributed by atoms with van der Waals surface area (Å²) >= 11 is 1.28. The molecule has 1 aromatic carbocycles. The van der Waals surface area contributed by atoms with Crippen LogP contribution in [0.3, 0.4) is 0 Å². The molecule has 1 aliphatic heterocycles. The van der Waals surface area contributed by atoms with Gasteiger partial charge in [-0.15, -0.1) is 11.3 Å². The van der Waals surface area contributed by atoms with Crippen molar-refractivity contribution in [2.45, 2.75) is 32.5 Å². The Morgan fingerprint density at radius 3 is 2.58 bits per heavy atom. The van der Waals surface area contributed by atoms with Gasteiger partial charge in [-0.2, -0.15) is 0 Å². The second kappa shape index (κ2) is 6.26. The molecule has 24 heavy (non-hydrogen) atoms. The van der Waals surface area contributed by atoms with Gasteiger partial charge in [0.1, 0.15) is 4.88 Å². The Kier molecular flexibility index (Phi) is 4.29. The summed E-state index contributed by atoms with van der Waals surface area (Å²) in [5, 5.41) is 5.54. The number of ether oxygens (including phenoxy) is 1. The number of urea groups is 1. The zero-order chi connectivity index (χ0) is 17.3. The second-order valence-electron chi connectivity index (χ2n) is 6.24. The largest absolute Gasteiger partial charge is 0.370 e. The molecule has 1 aliphatic rings. The monoisotopic (exact) mass is 345 g/mol. The number of nitrogens with two attached hydrogens (primary N) is 1. The molecule has 0 saturated heterocycles. The van der Waals surface area contributed by atoms with E-state index in [2.05, 4.69) is 10.6 Å². The standard InChI is InChI=1S/C17H19N3O3S/c1-17(2)8-11-12(9-23-17)24-14(15(18)21)13(11)20-16(22)19-10-6-4-3-5-7-10/h3-7H,8-9H2,1-2H3,(H2,18,21)(H2,19,20,22). The van der Waals surface area contributed by atoms with E-state index in [1.807, 2.05) is 32.0 Å². The molecule has 2 aromatic rings. The molecule has 0 fully saturated rings. The summed E-state index contributed by atoms with van der Waals surface area (Å²) in [6.45, 7) is 4.37. The summed E-state index contributed by atoms with van der Waals surface area (Å²) in [4.78, 5) is 25.3. The SMILES string of the molecule is CC1(C)Cc2c(sc(C(N)=O)c2NC(=O)Nc2ccccc2)CO1. The predicted molar refractivity (Wildman–Crippen MR) is 94.5 cm³/mol. The highest BCUT2D eigenvalue weighted by Crippen LogP contribution is 2.40. The Balaban J connectivity index is 1.88. The lowest BCUT2D eigenvalue weighted by molar-refractivity contribution is -0.0380. The predicted octanol–water partition coefficient (Wildman–Crippen LogP) is 3.34. The third-order valence-electron chi connectivity index (χ3n) is 3.78. The molecule has 126 valence electrons. The van der Waals surface area contributed by atoms with Crippen LogP contribution in [0.1, 0.15) is 34.0 Å². The third-order valence-corrected chi connectivity index (χ3v) is 5.00. The summed E-state index contributed by atoms with van der Waals surface area (Å²) in [5.74, 6) is -0.554. The second-order valence-corrected chi connectivity index (χ2v) is 7.35. The smallest absolute Gasteiger partial charge is 0.323 e. The van der Waals surface area contributed by atoms with Crippen molar-refractivity contribution in [1.82, 2.24) is 0 Å². The van der Waals surface area contributed by atoms with E-state index in [0.29, 0.717) is 29.3 Å². The number of thiophene rings is 1. The topological polar surface area (TPSA) is 93.5 Å². The Morgan fingerprint density at radius 2 is 1.92 bits per heavy atom. The molecule has 0 radical (unpaired) electrons. The normalized spacial score (nSPS) is 15.4. The fraction of sp³-hybridized carbons (Fsp3) is 0.294. The summed E-state index contributed by atoms with van der Waals surface area (Å²) < 4.78 is 5.77. The highest BCUT2D eigenvalue weighted by Gasteiger charge is 2.32. The van der Waals surface area contributed by atoms with Crippen LogP contribution in [0, 0.1) is 0 Å². The molecule has 3 amide bonds. The maximum Gasteiger partial charge on any atom is 0.323 e. The van der Waals surface area contributed by atoms with Gasteiger partial charge < -0.3 is 21.1 Å². The van der Waals surface area contributed by atoms with Crippen LogP contribution in [-0.4, -0.2) is 17.5 Å². The number of para-hydroxylation sites is 1. The Bertz CT molecular complexity index is 784. The van der Waals surface area contributed by atoms with E-state index in [4.69, 9.17) is 10.5 Å². The average Bonchev–Trinajstić information content (AvgIpc) is 2.85. The molecule has 0 spiro atoms. The van der Waals surface area contributed by atoms with E-state index in [9.17, 15) is 9.59 Å². The summed E-state index contributed by atoms with van der Waals surface area (Å²) in [6.07, 6.45) is 0.604. The zero-order valence-electron chi connectivity index (χ0n) is 13.5. The quantitative estimate of drug-likeness (QED) is 0.796. The highest BCUT2D eigenvalue weighted by molar-refractivity contribution is 7.14. The summed E-state index contributed by atoms with van der Waals surface area (Å²) in [6, 6.07) is 8.69. The fourth-order valence-corrected chi connectivity index (χ4v) is 3.70. The van der Waals surface area contributed by atoms with Crippen LogP contribution in [0.4, 0.5) is 16.2 Å². The first-order valence-electron chi connectivity index (χ1n) is 7.57. The molecule has 7 heteroatoms. The number of nitrogens with one attached hydrogen (secondary N) is 2. The fourth-order valence-electron chi connectivity index (χ4n) is 2.66. The third kappa shape index (κ3) is 3.42. The minimum atomic E-state index is -0.554. The summed E-state index contributed by atoms with van der Waals surface area (Å²) in [7, 11) is 0. The van der Waals surface area contributed by atoms with Crippen LogP contribution in [0.25, 0.3) is 0 Å². The Morgan fingerprint density at radius 1 is 1.21 bits per heavy atom. The van der Waals surface area contributed by atoms with Crippen molar-refractivity contribution in [3.8, 4) is 0 Å². The van der Waals surface area contributed by atoms with Gasteiger partial charge in [-0.25, -0.2) is 4.79 Å². The average molecular weight is 345 g/mol. The Labute approximate surface area is 144 Å². The van der Waals surface area contributed by atoms with Crippen LogP contribution >= 0.6 is 11.3 Å². The van der Waals surface area contributed by atoms with Gasteiger partial charge in [0.2, 0.25) is 0 Å². The lowest BCUT2D eigenvalue weighted by Gasteiger charge is -2.30. The summed E-state index contributed by atoms with van der Waals surface area (Å²) in [5.41, 5.74) is 7.22. The van der Waals surface area contributed by atoms with Gasteiger partial charge in [-0.3, -0.25) is 4.79 Å². The number of anilines is 2. The molecule has 2 heterocycles. The van der Waals surface area contributed by atoms with Crippen LogP contribution < -0.4 is 16.4 Å². The van der Waals surface area contributed by atoms with Crippen molar-refractivity contribution in [1.29, 1.82) is 0 Å². The number of rotatable bonds is 3. The first-order valence-corrected chi connectivity index (χ1v) is 8.39. The van der Waals surface area contributed by atoms with E-state index < -0.39 is 11.9 Å². The van der Waals surface area contributed by atoms with Crippen molar-refractivity contribution in [3.63, 3.8) is 0 Å². The van der Waals surface area contributed by atoms with Crippen LogP contribution in [-0.2, 0) is 17.8 Å². The van der Waals surface area contributed by atoms with Crippen LogP contribution in [0.5, 0.6) is 0 Å². The lowest BCUT2D eigenvalue weighted by Crippen LogP contribution is -2.32. The molecule has 4 N–H and O–H groups in total. The van der Waals surface area contributed by atoms with Gasteiger partial charge in [-0.05, 0) is 31.5 Å². The maximum atomic E-state index is 12.3. The molecule has 3 rings (SSSR count). The number of amides is 3. The van der Waals surface area contributed by atoms with Crippen molar-refractivity contribution in [3.05, 3.63) is 45.6 Å². The molecular formula is C17H19N3O3S. The van der Waals surface area contributed by atoms with Gasteiger partial charge >= 0.3 is 6.03 Å². The number of hydrogen-bond donors (Lipinski definition) is 3. The molecule has 0 saturated carbocycles. The highest BCUT2D eigenvalue weighted by atomic mass is 32.1. The molecule has 0 unspecified atom stereocenters. The number of hydrogen-bond acceptors (Lipinski definition) is 4. The van der Waals surface area contributed by atoms with Crippen LogP contribution in [0.2, 0.25) is 0 Å². The first-order chi connectivity index (χ1) is 11.4. The zero-order valence-corrected chi connectivity index (χ0v) is 14.3. The molecular weight excluding hydrogens is 326 g/mol. The number of fused-ring (bicyclic) bond motifs is 1. The van der Waals surface area contributed by atoms with E-state index in [1.165, 1.54) is 11.3 Å². The minimum absolute atomic E-state index is 0.351. The van der Waals surface area contributed by atoms with Crippen LogP contribution in [0.15, 0.2) is 30.3 Å². The van der Waals surface area contributed by atoms with Crippen molar-refractivity contribution < 1.29 is 14.3 Å². The number of carbonyl (C=O) groups is 2. The number of carbonyl (C=O) groups excluding carboxylic acids is 2. The Hall–Kier alpha value is -2.38. The lowest BCUT2D eigenvalue weighted by atomic mass is 9.94. The van der Waals surface area contributed by atoms with Crippen molar-refractivity contribution >= 4 is 34.6 Å². The molecule has 1 aromatic heterocycles. The first kappa shape index (κ1) is 16.5. The number of benzene rings is 1. The van der Waals surface area contributed by atoms with Gasteiger partial charge in [-0.1, -0.05) is 18.2 Å². The van der Waals surface area contributed by atoms with E-state index in [-0.39, 0.29) is 5.60 Å². The molecule has 0 atom stereocenters. The van der Waals surface area contributed by atoms with Gasteiger partial charge in [0.05, 0.1) is 17.9 Å². The van der Waals surface area contributed by atoms with Gasteiger partial charge in [0, 0.05) is 17.0 Å². The molecule has 0 aliphatic carbocycles. The van der Waals surface area contributed by atoms with Crippen molar-refractivity contribution in [2.75, 3.05) is 10.6 Å². The van der Waals surface area contributed by atoms with Gasteiger partial charge in [0.25, 0.3) is 5.91 Å². The van der Waals surface area contributed by atoms with Crippen molar-refractivity contribution in [2.24, 2.45) is 5.73 Å². The van der Waals surface area contributed by atoms with E-state index in [0.717, 1.165) is 10.4 Å². The minimum Gasteiger partial charge on any atom is -0.370 e. The van der Waals surface area contributed by atoms with E-state index in [1.54, 1.807) is 12.1 Å². The molecule has 6 nitrogen and oxygen atoms in total. The van der Waals surface area contributed by atoms with Gasteiger partial charge in [0.15, 0.2) is 0 Å². The van der Waals surface area contributed by atoms with E-state index >= 15 is 0 Å².